The highest BCUT2D eigenvalue weighted by Gasteiger charge is 2.14. The zero-order valence-electron chi connectivity index (χ0n) is 8.43. The molecule has 1 unspecified atom stereocenters. The Morgan fingerprint density at radius 1 is 1.64 bits per heavy atom. The number of ether oxygens (including phenoxy) is 1. The van der Waals surface area contributed by atoms with E-state index < -0.39 is 18.1 Å². The van der Waals surface area contributed by atoms with Crippen molar-refractivity contribution in [2.45, 2.75) is 25.5 Å². The summed E-state index contributed by atoms with van der Waals surface area (Å²) in [5.41, 5.74) is 5.52. The Kier molecular flexibility index (Phi) is 11.3. The maximum atomic E-state index is 11.1. The molecule has 0 rings (SSSR count). The van der Waals surface area contributed by atoms with Gasteiger partial charge in [-0.1, -0.05) is 0 Å². The van der Waals surface area contributed by atoms with Gasteiger partial charge in [0.05, 0.1) is 6.10 Å². The summed E-state index contributed by atoms with van der Waals surface area (Å²) in [4.78, 5) is 11.1. The Labute approximate surface area is 95.0 Å². The van der Waals surface area contributed by atoms with Gasteiger partial charge < -0.3 is 15.6 Å². The molecule has 0 radical (unpaired) electrons. The molecule has 0 aliphatic carbocycles. The molecule has 0 heterocycles. The largest absolute Gasteiger partial charge is 0.462 e. The van der Waals surface area contributed by atoms with Crippen molar-refractivity contribution in [2.75, 3.05) is 18.6 Å². The average molecular weight is 244 g/mol. The predicted octanol–water partition coefficient (Wildman–Crippen LogP) is 0.413. The summed E-state index contributed by atoms with van der Waals surface area (Å²) < 4.78 is 4.74. The van der Waals surface area contributed by atoms with Crippen LogP contribution in [0, 0.1) is 0 Å². The molecule has 0 saturated carbocycles. The van der Waals surface area contributed by atoms with E-state index in [1.807, 2.05) is 6.26 Å². The highest BCUT2D eigenvalue weighted by molar-refractivity contribution is 7.98. The molecule has 0 amide bonds. The van der Waals surface area contributed by atoms with E-state index in [0.717, 1.165) is 5.75 Å². The van der Waals surface area contributed by atoms with Gasteiger partial charge in [0.15, 0.2) is 0 Å². The van der Waals surface area contributed by atoms with Gasteiger partial charge in [-0.3, -0.25) is 4.79 Å². The van der Waals surface area contributed by atoms with Crippen molar-refractivity contribution in [1.82, 2.24) is 0 Å². The Balaban J connectivity index is 0. The van der Waals surface area contributed by atoms with Gasteiger partial charge in [0, 0.05) is 0 Å². The van der Waals surface area contributed by atoms with Gasteiger partial charge in [-0.15, -0.1) is 12.4 Å². The molecule has 0 saturated heterocycles. The number of aliphatic hydroxyl groups is 1. The average Bonchev–Trinajstić information content (AvgIpc) is 2.10. The molecule has 3 N–H and O–H groups in total. The molecule has 86 valence electrons. The zero-order chi connectivity index (χ0) is 10.3. The summed E-state index contributed by atoms with van der Waals surface area (Å²) in [6, 6.07) is -0.564. The van der Waals surface area contributed by atoms with Crippen LogP contribution in [0.5, 0.6) is 0 Å². The molecule has 0 spiro atoms. The van der Waals surface area contributed by atoms with Crippen LogP contribution in [0.1, 0.15) is 13.3 Å². The van der Waals surface area contributed by atoms with E-state index in [-0.39, 0.29) is 19.0 Å². The summed E-state index contributed by atoms with van der Waals surface area (Å²) in [7, 11) is 0. The second-order valence-electron chi connectivity index (χ2n) is 2.87. The fraction of sp³-hybridized carbons (Fsp3) is 0.875. The molecule has 0 aliphatic rings. The van der Waals surface area contributed by atoms with Gasteiger partial charge in [-0.25, -0.2) is 0 Å². The third-order valence-corrected chi connectivity index (χ3v) is 2.05. The number of hydrogen-bond donors (Lipinski definition) is 2. The SMILES string of the molecule is CSCC[C@H](N)C(=O)OCC(C)O.Cl. The summed E-state index contributed by atoms with van der Waals surface area (Å²) in [5.74, 6) is 0.403. The van der Waals surface area contributed by atoms with Gasteiger partial charge in [0.2, 0.25) is 0 Å². The topological polar surface area (TPSA) is 72.6 Å². The summed E-state index contributed by atoms with van der Waals surface area (Å²) in [6.07, 6.45) is 1.94. The van der Waals surface area contributed by atoms with Gasteiger partial charge in [-0.2, -0.15) is 11.8 Å². The standard InChI is InChI=1S/C8H17NO3S.ClH/c1-6(10)5-12-8(11)7(9)3-4-13-2;/h6-7,10H,3-5,9H2,1-2H3;1H/t6?,7-;/m0./s1. The van der Waals surface area contributed by atoms with Crippen LogP contribution in [0.4, 0.5) is 0 Å². The molecule has 6 heteroatoms. The second-order valence-corrected chi connectivity index (χ2v) is 3.85. The smallest absolute Gasteiger partial charge is 0.323 e. The minimum absolute atomic E-state index is 0. The van der Waals surface area contributed by atoms with Gasteiger partial charge in [-0.05, 0) is 25.4 Å². The normalized spacial score (nSPS) is 14.0. The predicted molar refractivity (Wildman–Crippen MR) is 60.9 cm³/mol. The van der Waals surface area contributed by atoms with Crippen molar-refractivity contribution >= 4 is 30.1 Å². The van der Waals surface area contributed by atoms with Crippen molar-refractivity contribution in [3.8, 4) is 0 Å². The van der Waals surface area contributed by atoms with Crippen LogP contribution < -0.4 is 5.73 Å². The third-order valence-electron chi connectivity index (χ3n) is 1.40. The Morgan fingerprint density at radius 2 is 2.21 bits per heavy atom. The van der Waals surface area contributed by atoms with E-state index in [2.05, 4.69) is 0 Å². The van der Waals surface area contributed by atoms with Gasteiger partial charge in [0.1, 0.15) is 12.6 Å². The van der Waals surface area contributed by atoms with Crippen molar-refractivity contribution in [2.24, 2.45) is 5.73 Å². The lowest BCUT2D eigenvalue weighted by atomic mass is 10.2. The molecular weight excluding hydrogens is 226 g/mol. The first-order chi connectivity index (χ1) is 6.07. The van der Waals surface area contributed by atoms with Crippen LogP contribution in [0.3, 0.4) is 0 Å². The number of hydrogen-bond acceptors (Lipinski definition) is 5. The van der Waals surface area contributed by atoms with Crippen LogP contribution in [0.15, 0.2) is 0 Å². The summed E-state index contributed by atoms with van der Waals surface area (Å²) in [5, 5.41) is 8.84. The lowest BCUT2D eigenvalue weighted by molar-refractivity contribution is -0.147. The van der Waals surface area contributed by atoms with Crippen LogP contribution >= 0.6 is 24.2 Å². The molecule has 14 heavy (non-hydrogen) atoms. The first-order valence-electron chi connectivity index (χ1n) is 4.17. The number of esters is 1. The molecule has 0 aliphatic heterocycles. The molecular formula is C8H18ClNO3S. The van der Waals surface area contributed by atoms with Gasteiger partial charge in [0.25, 0.3) is 0 Å². The molecule has 4 nitrogen and oxygen atoms in total. The van der Waals surface area contributed by atoms with E-state index in [9.17, 15) is 4.79 Å². The summed E-state index contributed by atoms with van der Waals surface area (Å²) >= 11 is 1.63. The number of thioether (sulfide) groups is 1. The number of halogens is 1. The van der Waals surface area contributed by atoms with Crippen molar-refractivity contribution in [3.63, 3.8) is 0 Å². The molecule has 0 aromatic heterocycles. The van der Waals surface area contributed by atoms with E-state index >= 15 is 0 Å². The van der Waals surface area contributed by atoms with E-state index in [0.29, 0.717) is 6.42 Å². The number of rotatable bonds is 6. The van der Waals surface area contributed by atoms with Crippen LogP contribution in [0.2, 0.25) is 0 Å². The maximum Gasteiger partial charge on any atom is 0.323 e. The highest BCUT2D eigenvalue weighted by Crippen LogP contribution is 2.00. The number of carbonyl (C=O) groups is 1. The fourth-order valence-electron chi connectivity index (χ4n) is 0.672. The lowest BCUT2D eigenvalue weighted by Gasteiger charge is -2.11. The minimum Gasteiger partial charge on any atom is -0.462 e. The van der Waals surface area contributed by atoms with Crippen LogP contribution in [0.25, 0.3) is 0 Å². The number of aliphatic hydroxyl groups excluding tert-OH is 1. The fourth-order valence-corrected chi connectivity index (χ4v) is 1.16. The molecule has 0 aromatic carbocycles. The Hall–Kier alpha value is 0.0300. The molecule has 0 bridgehead atoms. The zero-order valence-corrected chi connectivity index (χ0v) is 10.1. The van der Waals surface area contributed by atoms with E-state index in [1.165, 1.54) is 0 Å². The number of nitrogens with two attached hydrogens (primary N) is 1. The molecule has 0 aromatic rings. The first kappa shape index (κ1) is 16.5. The van der Waals surface area contributed by atoms with E-state index in [1.54, 1.807) is 18.7 Å². The van der Waals surface area contributed by atoms with Crippen molar-refractivity contribution < 1.29 is 14.6 Å². The highest BCUT2D eigenvalue weighted by atomic mass is 35.5. The third kappa shape index (κ3) is 8.62. The molecule has 2 atom stereocenters. The summed E-state index contributed by atoms with van der Waals surface area (Å²) in [6.45, 7) is 1.58. The maximum absolute atomic E-state index is 11.1. The Morgan fingerprint density at radius 3 is 2.64 bits per heavy atom. The monoisotopic (exact) mass is 243 g/mol. The minimum atomic E-state index is -0.628. The van der Waals surface area contributed by atoms with Crippen molar-refractivity contribution in [1.29, 1.82) is 0 Å². The lowest BCUT2D eigenvalue weighted by Crippen LogP contribution is -2.34. The molecule has 0 fully saturated rings. The van der Waals surface area contributed by atoms with Gasteiger partial charge >= 0.3 is 5.97 Å². The van der Waals surface area contributed by atoms with Crippen molar-refractivity contribution in [3.05, 3.63) is 0 Å². The quantitative estimate of drug-likeness (QED) is 0.662. The number of carbonyl (C=O) groups excluding carboxylic acids is 1. The first-order valence-corrected chi connectivity index (χ1v) is 5.56. The Bertz CT molecular complexity index is 158. The van der Waals surface area contributed by atoms with Crippen LogP contribution in [-0.2, 0) is 9.53 Å². The van der Waals surface area contributed by atoms with E-state index in [4.69, 9.17) is 15.6 Å². The second kappa shape index (κ2) is 9.58. The van der Waals surface area contributed by atoms with Crippen LogP contribution in [-0.4, -0.2) is 41.8 Å².